The molecule has 0 saturated heterocycles. The van der Waals surface area contributed by atoms with E-state index in [4.69, 9.17) is 9.72 Å². The van der Waals surface area contributed by atoms with E-state index in [2.05, 4.69) is 217 Å². The molecule has 6 aromatic rings. The third-order valence-electron chi connectivity index (χ3n) is 11.5. The van der Waals surface area contributed by atoms with E-state index in [1.807, 2.05) is 12.3 Å². The molecular formula is C56H69N4OPt-3. The summed E-state index contributed by atoms with van der Waals surface area (Å²) in [4.78, 5) is 9.75. The quantitative estimate of drug-likeness (QED) is 0.135. The second-order valence-corrected chi connectivity index (χ2v) is 22.3. The third kappa shape index (κ3) is 9.89. The summed E-state index contributed by atoms with van der Waals surface area (Å²) in [6.45, 7) is 39.1. The number of para-hydroxylation sites is 1. The molecule has 0 amide bonds. The summed E-state index contributed by atoms with van der Waals surface area (Å²) < 4.78 is 9.12. The maximum Gasteiger partial charge on any atom is 0.135 e. The van der Waals surface area contributed by atoms with Gasteiger partial charge in [0.15, 0.2) is 0 Å². The Morgan fingerprint density at radius 1 is 0.597 bits per heavy atom. The predicted octanol–water partition coefficient (Wildman–Crippen LogP) is 15.3. The largest absolute Gasteiger partial charge is 0.509 e. The van der Waals surface area contributed by atoms with Crippen molar-refractivity contribution in [1.29, 1.82) is 0 Å². The van der Waals surface area contributed by atoms with E-state index in [0.29, 0.717) is 23.3 Å². The van der Waals surface area contributed by atoms with Crippen LogP contribution in [0.2, 0.25) is 0 Å². The van der Waals surface area contributed by atoms with Crippen molar-refractivity contribution in [2.24, 2.45) is 22.7 Å². The van der Waals surface area contributed by atoms with Gasteiger partial charge in [-0.15, -0.1) is 53.6 Å². The Hall–Kier alpha value is -4.34. The van der Waals surface area contributed by atoms with Gasteiger partial charge in [-0.05, 0) is 87.9 Å². The number of aromatic nitrogens is 2. The fourth-order valence-corrected chi connectivity index (χ4v) is 8.77. The SMILES string of the molecule is CC(C)Cc1cc(CC(C)C)cc(N2[CH-]N(c3[c-]c(Oc4[c-]c5c(cc4)c4ccccc4n5-c4cc(C(C)(C)C)ccn4)cc(C(C)(C)C)c3)C(C(C)(C)C)=C2C(C)(C)C)c1.[Pt]. The van der Waals surface area contributed by atoms with Crippen molar-refractivity contribution in [2.45, 2.75) is 134 Å². The molecule has 2 aromatic heterocycles. The fraction of sp³-hybridized carbons (Fsp3) is 0.429. The van der Waals surface area contributed by atoms with Gasteiger partial charge in [0.2, 0.25) is 0 Å². The number of allylic oxidation sites excluding steroid dienone is 2. The minimum Gasteiger partial charge on any atom is -0.509 e. The van der Waals surface area contributed by atoms with Crippen LogP contribution in [0.4, 0.5) is 11.4 Å². The molecular weight excluding hydrogens is 940 g/mol. The van der Waals surface area contributed by atoms with Gasteiger partial charge in [0.1, 0.15) is 5.82 Å². The summed E-state index contributed by atoms with van der Waals surface area (Å²) >= 11 is 0. The summed E-state index contributed by atoms with van der Waals surface area (Å²) in [5.41, 5.74) is 11.4. The van der Waals surface area contributed by atoms with Crippen molar-refractivity contribution >= 4 is 33.2 Å². The van der Waals surface area contributed by atoms with E-state index < -0.39 is 0 Å². The second-order valence-electron chi connectivity index (χ2n) is 22.3. The van der Waals surface area contributed by atoms with Crippen molar-refractivity contribution in [3.8, 4) is 17.3 Å². The first kappa shape index (κ1) is 47.1. The number of hydrogen-bond donors (Lipinski definition) is 0. The van der Waals surface area contributed by atoms with Crippen LogP contribution in [-0.4, -0.2) is 9.55 Å². The van der Waals surface area contributed by atoms with Crippen LogP contribution < -0.4 is 14.5 Å². The number of benzene rings is 4. The van der Waals surface area contributed by atoms with Gasteiger partial charge in [0.05, 0.1) is 0 Å². The van der Waals surface area contributed by atoms with Gasteiger partial charge >= 0.3 is 0 Å². The van der Waals surface area contributed by atoms with Crippen molar-refractivity contribution in [1.82, 2.24) is 9.55 Å². The minimum atomic E-state index is -0.193. The van der Waals surface area contributed by atoms with Crippen LogP contribution in [0.1, 0.15) is 133 Å². The van der Waals surface area contributed by atoms with Crippen molar-refractivity contribution in [3.05, 3.63) is 138 Å². The Morgan fingerprint density at radius 2 is 1.19 bits per heavy atom. The predicted molar refractivity (Wildman–Crippen MR) is 259 cm³/mol. The molecule has 3 heterocycles. The van der Waals surface area contributed by atoms with Gasteiger partial charge in [-0.1, -0.05) is 141 Å². The van der Waals surface area contributed by atoms with Crippen LogP contribution in [0.25, 0.3) is 27.6 Å². The number of hydrogen-bond acceptors (Lipinski definition) is 4. The molecule has 62 heavy (non-hydrogen) atoms. The molecule has 5 nitrogen and oxygen atoms in total. The van der Waals surface area contributed by atoms with Crippen LogP contribution in [0, 0.1) is 41.5 Å². The summed E-state index contributed by atoms with van der Waals surface area (Å²) in [7, 11) is 0. The van der Waals surface area contributed by atoms with Gasteiger partial charge in [-0.2, -0.15) is 6.07 Å². The molecule has 6 heteroatoms. The molecule has 0 N–H and O–H groups in total. The molecule has 7 rings (SSSR count). The Morgan fingerprint density at radius 3 is 1.77 bits per heavy atom. The van der Waals surface area contributed by atoms with Gasteiger partial charge < -0.3 is 19.1 Å². The van der Waals surface area contributed by atoms with Gasteiger partial charge in [-0.3, -0.25) is 0 Å². The number of nitrogens with zero attached hydrogens (tertiary/aromatic N) is 4. The molecule has 4 aromatic carbocycles. The van der Waals surface area contributed by atoms with Crippen molar-refractivity contribution in [3.63, 3.8) is 0 Å². The van der Waals surface area contributed by atoms with Crippen molar-refractivity contribution in [2.75, 3.05) is 9.80 Å². The number of ether oxygens (including phenoxy) is 1. The molecule has 0 spiro atoms. The molecule has 0 aliphatic carbocycles. The first-order valence-electron chi connectivity index (χ1n) is 22.4. The first-order valence-corrected chi connectivity index (χ1v) is 22.4. The van der Waals surface area contributed by atoms with Crippen molar-refractivity contribution < 1.29 is 25.8 Å². The third-order valence-corrected chi connectivity index (χ3v) is 11.5. The molecule has 0 bridgehead atoms. The Kier molecular flexibility index (Phi) is 13.2. The van der Waals surface area contributed by atoms with E-state index in [-0.39, 0.29) is 42.7 Å². The number of pyridine rings is 1. The Labute approximate surface area is 388 Å². The number of rotatable bonds is 9. The summed E-state index contributed by atoms with van der Waals surface area (Å²) in [5, 5.41) is 2.26. The normalized spacial score (nSPS) is 14.2. The maximum atomic E-state index is 6.90. The zero-order valence-electron chi connectivity index (χ0n) is 40.2. The topological polar surface area (TPSA) is 33.5 Å². The van der Waals surface area contributed by atoms with Gasteiger partial charge in [-0.25, -0.2) is 4.98 Å². The zero-order chi connectivity index (χ0) is 44.4. The smallest absolute Gasteiger partial charge is 0.135 e. The minimum absolute atomic E-state index is 0. The van der Waals surface area contributed by atoms with E-state index in [1.165, 1.54) is 39.3 Å². The van der Waals surface area contributed by atoms with E-state index in [1.54, 1.807) is 0 Å². The Bertz CT molecular complexity index is 2570. The number of anilines is 2. The maximum absolute atomic E-state index is 6.90. The average Bonchev–Trinajstić information content (AvgIpc) is 3.71. The summed E-state index contributed by atoms with van der Waals surface area (Å²) in [5.74, 6) is 3.28. The van der Waals surface area contributed by atoms with Crippen LogP contribution in [0.3, 0.4) is 0 Å². The fourth-order valence-electron chi connectivity index (χ4n) is 8.77. The molecule has 1 aliphatic heterocycles. The standard InChI is InChI=1S/C56H69N4O.Pt/c1-36(2)25-38-27-39(26-37(3)4)29-42(28-38)58-35-59(52(56(14,15)16)51(58)55(11,12)13)43-30-41(54(8,9)10)31-45(33-43)61-44-21-22-47-46-19-17-18-20-48(46)60(49(47)34-44)50-32-40(23-24-57-50)53(5,6)7;/h17-24,27-32,35-37H,25-26H2,1-16H3;/q-3;. The molecule has 332 valence electrons. The monoisotopic (exact) mass is 1010 g/mol. The molecule has 0 radical (unpaired) electrons. The summed E-state index contributed by atoms with van der Waals surface area (Å²) in [6.07, 6.45) is 4.01. The van der Waals surface area contributed by atoms with Crippen LogP contribution in [0.5, 0.6) is 11.5 Å². The Balaban J connectivity index is 0.00000641. The molecule has 1 aliphatic rings. The van der Waals surface area contributed by atoms with Gasteiger partial charge in [0.25, 0.3) is 0 Å². The number of fused-ring (bicyclic) bond motifs is 3. The van der Waals surface area contributed by atoms with E-state index in [9.17, 15) is 0 Å². The molecule has 0 fully saturated rings. The zero-order valence-corrected chi connectivity index (χ0v) is 42.5. The van der Waals surface area contributed by atoms with E-state index in [0.717, 1.165) is 46.2 Å². The van der Waals surface area contributed by atoms with Crippen LogP contribution >= 0.6 is 0 Å². The first-order chi connectivity index (χ1) is 28.4. The molecule has 0 unspecified atom stereocenters. The van der Waals surface area contributed by atoms with Crippen LogP contribution in [0.15, 0.2) is 96.5 Å². The second kappa shape index (κ2) is 17.3. The molecule has 0 saturated carbocycles. The van der Waals surface area contributed by atoms with E-state index >= 15 is 0 Å². The van der Waals surface area contributed by atoms with Gasteiger partial charge in [0, 0.05) is 72.2 Å². The molecule has 0 atom stereocenters. The summed E-state index contributed by atoms with van der Waals surface area (Å²) in [6, 6.07) is 36.2. The average molecular weight is 1010 g/mol. The van der Waals surface area contributed by atoms with Crippen LogP contribution in [-0.2, 0) is 44.7 Å².